The summed E-state index contributed by atoms with van der Waals surface area (Å²) < 4.78 is 1.59. The van der Waals surface area contributed by atoms with Crippen molar-refractivity contribution in [1.82, 2.24) is 19.5 Å². The molecule has 0 radical (unpaired) electrons. The molecule has 1 N–H and O–H groups in total. The molecule has 0 saturated carbocycles. The Hall–Kier alpha value is -3.92. The molecular formula is C22H19N5O2. The van der Waals surface area contributed by atoms with E-state index < -0.39 is 0 Å². The summed E-state index contributed by atoms with van der Waals surface area (Å²) in [5, 5.41) is 13.8. The topological polar surface area (TPSA) is 94.3 Å². The second-order valence-electron chi connectivity index (χ2n) is 6.83. The van der Waals surface area contributed by atoms with E-state index in [0.29, 0.717) is 40.8 Å². The number of hydrogen-bond donors (Lipinski definition) is 1. The summed E-state index contributed by atoms with van der Waals surface area (Å²) in [6.45, 7) is 2.98. The molecule has 7 heteroatoms. The average molecular weight is 385 g/mol. The largest absolute Gasteiger partial charge is 0.334 e. The fourth-order valence-electron chi connectivity index (χ4n) is 3.43. The number of nitrogens with zero attached hydrogens (tertiary/aromatic N) is 4. The van der Waals surface area contributed by atoms with Gasteiger partial charge in [0.05, 0.1) is 28.7 Å². The Balaban J connectivity index is 1.73. The normalized spacial score (nSPS) is 10.9. The summed E-state index contributed by atoms with van der Waals surface area (Å²) in [6, 6.07) is 16.4. The van der Waals surface area contributed by atoms with Gasteiger partial charge in [0.25, 0.3) is 11.5 Å². The summed E-state index contributed by atoms with van der Waals surface area (Å²) in [7, 11) is 0. The van der Waals surface area contributed by atoms with Crippen LogP contribution in [-0.4, -0.2) is 31.9 Å². The van der Waals surface area contributed by atoms with Gasteiger partial charge in [-0.15, -0.1) is 0 Å². The predicted octanol–water partition coefficient (Wildman–Crippen LogP) is 3.10. The van der Waals surface area contributed by atoms with E-state index in [2.05, 4.69) is 16.2 Å². The molecule has 0 spiro atoms. The molecule has 0 unspecified atom stereocenters. The van der Waals surface area contributed by atoms with Crippen LogP contribution in [0.2, 0.25) is 0 Å². The number of fused-ring (bicyclic) bond motifs is 3. The summed E-state index contributed by atoms with van der Waals surface area (Å²) >= 11 is 0. The average Bonchev–Trinajstić information content (AvgIpc) is 3.17. The quantitative estimate of drug-likeness (QED) is 0.571. The van der Waals surface area contributed by atoms with Crippen molar-refractivity contribution in [1.29, 1.82) is 5.26 Å². The third kappa shape index (κ3) is 3.36. The first-order valence-corrected chi connectivity index (χ1v) is 9.39. The minimum absolute atomic E-state index is 0.197. The maximum atomic E-state index is 13.3. The molecule has 7 nitrogen and oxygen atoms in total. The monoisotopic (exact) mass is 385 g/mol. The molecular weight excluding hydrogens is 366 g/mol. The van der Waals surface area contributed by atoms with Gasteiger partial charge in [-0.2, -0.15) is 10.4 Å². The third-order valence-electron chi connectivity index (χ3n) is 4.85. The van der Waals surface area contributed by atoms with E-state index in [1.54, 1.807) is 39.7 Å². The summed E-state index contributed by atoms with van der Waals surface area (Å²) in [6.07, 6.45) is 2.29. The number of aromatic amines is 1. The molecule has 29 heavy (non-hydrogen) atoms. The van der Waals surface area contributed by atoms with Crippen molar-refractivity contribution in [3.05, 3.63) is 81.8 Å². The van der Waals surface area contributed by atoms with E-state index in [1.807, 2.05) is 25.1 Å². The van der Waals surface area contributed by atoms with Crippen molar-refractivity contribution in [2.75, 3.05) is 6.54 Å². The Kier molecular flexibility index (Phi) is 4.83. The Morgan fingerprint density at radius 2 is 1.97 bits per heavy atom. The number of carbonyl (C=O) groups excluding carboxylic acids is 1. The number of benzene rings is 2. The number of amides is 1. The minimum atomic E-state index is -0.253. The van der Waals surface area contributed by atoms with Crippen LogP contribution in [0.5, 0.6) is 0 Å². The second-order valence-corrected chi connectivity index (χ2v) is 6.83. The molecule has 0 fully saturated rings. The van der Waals surface area contributed by atoms with E-state index in [9.17, 15) is 9.59 Å². The van der Waals surface area contributed by atoms with Gasteiger partial charge in [0.2, 0.25) is 0 Å². The van der Waals surface area contributed by atoms with Gasteiger partial charge >= 0.3 is 0 Å². The molecule has 0 aliphatic carbocycles. The van der Waals surface area contributed by atoms with Crippen LogP contribution in [0.1, 0.15) is 34.8 Å². The molecule has 0 atom stereocenters. The second kappa shape index (κ2) is 7.60. The van der Waals surface area contributed by atoms with Gasteiger partial charge in [-0.1, -0.05) is 31.2 Å². The molecule has 4 rings (SSSR count). The van der Waals surface area contributed by atoms with Gasteiger partial charge in [0.15, 0.2) is 0 Å². The molecule has 2 aromatic heterocycles. The van der Waals surface area contributed by atoms with E-state index >= 15 is 0 Å². The summed E-state index contributed by atoms with van der Waals surface area (Å²) in [4.78, 5) is 30.3. The van der Waals surface area contributed by atoms with Crippen LogP contribution in [0.3, 0.4) is 0 Å². The number of rotatable bonds is 5. The van der Waals surface area contributed by atoms with Crippen molar-refractivity contribution >= 4 is 22.5 Å². The molecule has 144 valence electrons. The van der Waals surface area contributed by atoms with E-state index in [4.69, 9.17) is 5.26 Å². The van der Waals surface area contributed by atoms with Crippen LogP contribution >= 0.6 is 0 Å². The first kappa shape index (κ1) is 18.4. The first-order valence-electron chi connectivity index (χ1n) is 9.39. The van der Waals surface area contributed by atoms with Crippen molar-refractivity contribution in [3.8, 4) is 6.07 Å². The number of nitriles is 1. The van der Waals surface area contributed by atoms with Crippen LogP contribution in [0.4, 0.5) is 0 Å². The molecule has 2 aromatic carbocycles. The number of aromatic nitrogens is 3. The fraction of sp³-hybridized carbons (Fsp3) is 0.182. The molecule has 0 aliphatic rings. The van der Waals surface area contributed by atoms with Gasteiger partial charge < -0.3 is 9.88 Å². The molecule has 2 heterocycles. The highest BCUT2D eigenvalue weighted by Gasteiger charge is 2.21. The van der Waals surface area contributed by atoms with Gasteiger partial charge in [0.1, 0.15) is 11.2 Å². The first-order chi connectivity index (χ1) is 14.1. The Labute approximate surface area is 166 Å². The zero-order chi connectivity index (χ0) is 20.4. The number of para-hydroxylation sites is 1. The predicted molar refractivity (Wildman–Crippen MR) is 110 cm³/mol. The fourth-order valence-corrected chi connectivity index (χ4v) is 3.43. The van der Waals surface area contributed by atoms with Crippen molar-refractivity contribution in [2.45, 2.75) is 19.9 Å². The highest BCUT2D eigenvalue weighted by Crippen LogP contribution is 2.17. The summed E-state index contributed by atoms with van der Waals surface area (Å²) in [5.41, 5.74) is 2.65. The zero-order valence-corrected chi connectivity index (χ0v) is 15.9. The SMILES string of the molecule is CCCN(Cc1ccc(C#N)cc1)C(=O)c1cnn2c1[nH]c(=O)c1ccccc12. The van der Waals surface area contributed by atoms with E-state index in [1.165, 1.54) is 6.20 Å². The van der Waals surface area contributed by atoms with Gasteiger partial charge in [-0.25, -0.2) is 4.52 Å². The molecule has 0 aliphatic heterocycles. The van der Waals surface area contributed by atoms with Crippen LogP contribution in [0, 0.1) is 11.3 Å². The van der Waals surface area contributed by atoms with Crippen molar-refractivity contribution in [3.63, 3.8) is 0 Å². The lowest BCUT2D eigenvalue weighted by molar-refractivity contribution is 0.0745. The lowest BCUT2D eigenvalue weighted by Crippen LogP contribution is -2.31. The van der Waals surface area contributed by atoms with Crippen LogP contribution in [-0.2, 0) is 6.54 Å². The molecule has 4 aromatic rings. The number of hydrogen-bond acceptors (Lipinski definition) is 4. The Morgan fingerprint density at radius 1 is 1.21 bits per heavy atom. The highest BCUT2D eigenvalue weighted by molar-refractivity contribution is 6.00. The van der Waals surface area contributed by atoms with Crippen LogP contribution < -0.4 is 5.56 Å². The van der Waals surface area contributed by atoms with E-state index in [-0.39, 0.29) is 11.5 Å². The number of nitrogens with one attached hydrogen (secondary N) is 1. The van der Waals surface area contributed by atoms with Gasteiger partial charge in [-0.05, 0) is 36.2 Å². The van der Waals surface area contributed by atoms with Crippen molar-refractivity contribution in [2.24, 2.45) is 0 Å². The third-order valence-corrected chi connectivity index (χ3v) is 4.85. The summed E-state index contributed by atoms with van der Waals surface area (Å²) in [5.74, 6) is -0.197. The highest BCUT2D eigenvalue weighted by atomic mass is 16.2. The molecule has 0 saturated heterocycles. The number of H-pyrrole nitrogens is 1. The maximum absolute atomic E-state index is 13.3. The zero-order valence-electron chi connectivity index (χ0n) is 15.9. The van der Waals surface area contributed by atoms with Gasteiger partial charge in [-0.3, -0.25) is 9.59 Å². The smallest absolute Gasteiger partial charge is 0.259 e. The van der Waals surface area contributed by atoms with Crippen molar-refractivity contribution < 1.29 is 4.79 Å². The lowest BCUT2D eigenvalue weighted by atomic mass is 10.1. The minimum Gasteiger partial charge on any atom is -0.334 e. The maximum Gasteiger partial charge on any atom is 0.259 e. The standard InChI is InChI=1S/C22H19N5O2/c1-2-11-26(14-16-9-7-15(12-23)8-10-16)22(29)18-13-24-27-19-6-4-3-5-17(19)21(28)25-20(18)27/h3-10,13H,2,11,14H2,1H3,(H,25,28). The molecule has 0 bridgehead atoms. The Bertz CT molecular complexity index is 1300. The number of carbonyl (C=O) groups is 1. The van der Waals surface area contributed by atoms with Crippen LogP contribution in [0.25, 0.3) is 16.6 Å². The van der Waals surface area contributed by atoms with Gasteiger partial charge in [0, 0.05) is 13.1 Å². The van der Waals surface area contributed by atoms with Crippen LogP contribution in [0.15, 0.2) is 59.5 Å². The molecule has 1 amide bonds. The Morgan fingerprint density at radius 3 is 2.69 bits per heavy atom. The lowest BCUT2D eigenvalue weighted by Gasteiger charge is -2.22. The van der Waals surface area contributed by atoms with E-state index in [0.717, 1.165) is 12.0 Å².